The van der Waals surface area contributed by atoms with E-state index in [1.54, 1.807) is 19.1 Å². The number of ketones is 1. The molecule has 3 rings (SSSR count). The number of aliphatic hydroxyl groups excluding tert-OH is 3. The first-order chi connectivity index (χ1) is 18.2. The molecule has 2 aliphatic rings. The molecule has 0 unspecified atom stereocenters. The second-order valence-electron chi connectivity index (χ2n) is 9.57. The van der Waals surface area contributed by atoms with Gasteiger partial charge >= 0.3 is 0 Å². The summed E-state index contributed by atoms with van der Waals surface area (Å²) in [6.45, 7) is 5.26. The van der Waals surface area contributed by atoms with Crippen LogP contribution in [0.5, 0.6) is 11.5 Å². The lowest BCUT2D eigenvalue weighted by atomic mass is 9.77. The fourth-order valence-electron chi connectivity index (χ4n) is 4.87. The summed E-state index contributed by atoms with van der Waals surface area (Å²) < 4.78 is 17.2. The van der Waals surface area contributed by atoms with Gasteiger partial charge in [-0.3, -0.25) is 14.4 Å². The van der Waals surface area contributed by atoms with Crippen LogP contribution in [0.1, 0.15) is 50.7 Å². The summed E-state index contributed by atoms with van der Waals surface area (Å²) >= 11 is 0. The third kappa shape index (κ3) is 6.17. The van der Waals surface area contributed by atoms with Gasteiger partial charge in [-0.05, 0) is 44.0 Å². The monoisotopic (exact) mass is 534 g/mol. The highest BCUT2D eigenvalue weighted by Gasteiger charge is 2.51. The molecule has 1 aliphatic heterocycles. The Bertz CT molecular complexity index is 1060. The molecule has 4 N–H and O–H groups in total. The summed E-state index contributed by atoms with van der Waals surface area (Å²) in [6.07, 6.45) is -0.376. The maximum atomic E-state index is 13.3. The molecular formula is C27H38N2O9. The number of ether oxygens (including phenoxy) is 3. The molecule has 0 bridgehead atoms. The van der Waals surface area contributed by atoms with Gasteiger partial charge in [-0.2, -0.15) is 0 Å². The van der Waals surface area contributed by atoms with Crippen LogP contribution < -0.4 is 14.8 Å². The van der Waals surface area contributed by atoms with E-state index in [1.165, 1.54) is 18.1 Å². The molecule has 11 nitrogen and oxygen atoms in total. The van der Waals surface area contributed by atoms with Crippen LogP contribution in [-0.2, 0) is 25.7 Å². The standard InChI is InChI=1S/C27H38N2O9/c1-5-20(32)27(35)29(8-6-10-37-15(2)3)19-13-18(26(34)28-7-9-30)22-17-11-16(14-31)12-21(36-4)24(17)38-25(22)23(19)33/h11-13,15,19,22-23,25,30-31,33H,5-10,14H2,1-4H3,(H,28,34)/t19-,22+,23+,25+/m1/s1. The highest BCUT2D eigenvalue weighted by atomic mass is 16.5. The van der Waals surface area contributed by atoms with Crippen molar-refractivity contribution in [2.75, 3.05) is 33.4 Å². The highest BCUT2D eigenvalue weighted by Crippen LogP contribution is 2.51. The van der Waals surface area contributed by atoms with E-state index >= 15 is 0 Å². The number of benzene rings is 1. The maximum Gasteiger partial charge on any atom is 0.290 e. The minimum absolute atomic E-state index is 0.00198. The Labute approximate surface area is 222 Å². The van der Waals surface area contributed by atoms with E-state index in [-0.39, 0.29) is 44.4 Å². The zero-order valence-corrected chi connectivity index (χ0v) is 22.3. The Kier molecular flexibility index (Phi) is 10.3. The molecule has 0 spiro atoms. The quantitative estimate of drug-likeness (QED) is 0.208. The van der Waals surface area contributed by atoms with Crippen molar-refractivity contribution in [3.63, 3.8) is 0 Å². The van der Waals surface area contributed by atoms with E-state index in [0.717, 1.165) is 0 Å². The van der Waals surface area contributed by atoms with Crippen LogP contribution in [-0.4, -0.2) is 95.6 Å². The average molecular weight is 535 g/mol. The van der Waals surface area contributed by atoms with Gasteiger partial charge in [-0.15, -0.1) is 0 Å². The van der Waals surface area contributed by atoms with Crippen LogP contribution >= 0.6 is 0 Å². The number of carbonyl (C=O) groups is 3. The number of fused-ring (bicyclic) bond motifs is 3. The van der Waals surface area contributed by atoms with E-state index in [2.05, 4.69) is 5.32 Å². The van der Waals surface area contributed by atoms with E-state index in [0.29, 0.717) is 35.7 Å². The number of Topliss-reactive ketones (excluding diaryl/α,β-unsaturated/α-hetero) is 1. The van der Waals surface area contributed by atoms with Gasteiger partial charge in [0.05, 0.1) is 38.4 Å². The van der Waals surface area contributed by atoms with Gasteiger partial charge in [-0.25, -0.2) is 0 Å². The first kappa shape index (κ1) is 29.6. The number of rotatable bonds is 13. The van der Waals surface area contributed by atoms with Crippen molar-refractivity contribution in [2.45, 2.75) is 70.5 Å². The summed E-state index contributed by atoms with van der Waals surface area (Å²) in [5.41, 5.74) is 1.30. The van der Waals surface area contributed by atoms with Crippen molar-refractivity contribution in [3.05, 3.63) is 34.9 Å². The van der Waals surface area contributed by atoms with Crippen molar-refractivity contribution in [2.24, 2.45) is 0 Å². The Morgan fingerprint density at radius 1 is 1.21 bits per heavy atom. The van der Waals surface area contributed by atoms with Gasteiger partial charge in [0, 0.05) is 37.3 Å². The topological polar surface area (TPSA) is 155 Å². The van der Waals surface area contributed by atoms with Crippen molar-refractivity contribution < 1.29 is 43.9 Å². The van der Waals surface area contributed by atoms with E-state index < -0.39 is 41.8 Å². The number of methoxy groups -OCH3 is 1. The molecule has 1 aromatic carbocycles. The number of amides is 2. The lowest BCUT2D eigenvalue weighted by Crippen LogP contribution is -2.57. The molecule has 4 atom stereocenters. The summed E-state index contributed by atoms with van der Waals surface area (Å²) in [6, 6.07) is 2.26. The van der Waals surface area contributed by atoms with Crippen LogP contribution in [0.15, 0.2) is 23.8 Å². The van der Waals surface area contributed by atoms with Gasteiger partial charge in [0.2, 0.25) is 11.7 Å². The SMILES string of the molecule is CCC(=O)C(=O)N(CCCOC(C)C)[C@@H]1C=C(C(=O)NCCO)[C@@H]2c3cc(CO)cc(OC)c3O[C@@H]2[C@H]1O. The van der Waals surface area contributed by atoms with Crippen LogP contribution in [0.25, 0.3) is 0 Å². The van der Waals surface area contributed by atoms with E-state index in [1.807, 2.05) is 13.8 Å². The molecule has 1 aromatic rings. The van der Waals surface area contributed by atoms with Gasteiger partial charge < -0.3 is 39.7 Å². The summed E-state index contributed by atoms with van der Waals surface area (Å²) in [5, 5.41) is 33.2. The Morgan fingerprint density at radius 2 is 1.95 bits per heavy atom. The van der Waals surface area contributed by atoms with Crippen molar-refractivity contribution >= 4 is 17.6 Å². The molecule has 11 heteroatoms. The predicted molar refractivity (Wildman–Crippen MR) is 137 cm³/mol. The summed E-state index contributed by atoms with van der Waals surface area (Å²) in [5.74, 6) is -1.96. The number of nitrogens with one attached hydrogen (secondary N) is 1. The van der Waals surface area contributed by atoms with Crippen LogP contribution in [0, 0.1) is 0 Å². The Hall–Kier alpha value is -2.99. The number of nitrogens with zero attached hydrogens (tertiary/aromatic N) is 1. The summed E-state index contributed by atoms with van der Waals surface area (Å²) in [7, 11) is 1.45. The first-order valence-electron chi connectivity index (χ1n) is 12.9. The molecule has 38 heavy (non-hydrogen) atoms. The van der Waals surface area contributed by atoms with Crippen molar-refractivity contribution in [1.29, 1.82) is 0 Å². The van der Waals surface area contributed by atoms with Crippen molar-refractivity contribution in [3.8, 4) is 11.5 Å². The number of hydrogen-bond acceptors (Lipinski definition) is 9. The summed E-state index contributed by atoms with van der Waals surface area (Å²) in [4.78, 5) is 40.2. The Morgan fingerprint density at radius 3 is 2.55 bits per heavy atom. The zero-order chi connectivity index (χ0) is 28.0. The molecule has 2 amide bonds. The van der Waals surface area contributed by atoms with Gasteiger partial charge in [0.25, 0.3) is 5.91 Å². The minimum atomic E-state index is -1.29. The normalized spacial score (nSPS) is 21.7. The average Bonchev–Trinajstić information content (AvgIpc) is 3.31. The van der Waals surface area contributed by atoms with E-state index in [9.17, 15) is 29.7 Å². The predicted octanol–water partition coefficient (Wildman–Crippen LogP) is 0.433. The second-order valence-corrected chi connectivity index (χ2v) is 9.57. The number of hydrogen-bond donors (Lipinski definition) is 4. The first-order valence-corrected chi connectivity index (χ1v) is 12.9. The van der Waals surface area contributed by atoms with Crippen molar-refractivity contribution in [1.82, 2.24) is 10.2 Å². The largest absolute Gasteiger partial charge is 0.493 e. The van der Waals surface area contributed by atoms with Gasteiger partial charge in [-0.1, -0.05) is 6.92 Å². The fourth-order valence-corrected chi connectivity index (χ4v) is 4.87. The molecular weight excluding hydrogens is 496 g/mol. The Balaban J connectivity index is 2.07. The van der Waals surface area contributed by atoms with Crippen LogP contribution in [0.2, 0.25) is 0 Å². The molecule has 0 radical (unpaired) electrons. The molecule has 0 aromatic heterocycles. The van der Waals surface area contributed by atoms with Gasteiger partial charge in [0.1, 0.15) is 12.2 Å². The van der Waals surface area contributed by atoms with Crippen LogP contribution in [0.4, 0.5) is 0 Å². The third-order valence-corrected chi connectivity index (χ3v) is 6.67. The maximum absolute atomic E-state index is 13.3. The number of carbonyl (C=O) groups excluding carboxylic acids is 3. The van der Waals surface area contributed by atoms with Crippen LogP contribution in [0.3, 0.4) is 0 Å². The fraction of sp³-hybridized carbons (Fsp3) is 0.593. The third-order valence-electron chi connectivity index (χ3n) is 6.67. The minimum Gasteiger partial charge on any atom is -0.493 e. The number of aliphatic hydroxyl groups is 3. The molecule has 1 heterocycles. The second kappa shape index (κ2) is 13.2. The molecule has 0 saturated carbocycles. The lowest BCUT2D eigenvalue weighted by Gasteiger charge is -2.40. The molecule has 1 aliphatic carbocycles. The molecule has 210 valence electrons. The smallest absolute Gasteiger partial charge is 0.290 e. The lowest BCUT2D eigenvalue weighted by molar-refractivity contribution is -0.148. The van der Waals surface area contributed by atoms with Gasteiger partial charge in [0.15, 0.2) is 11.5 Å². The highest BCUT2D eigenvalue weighted by molar-refractivity contribution is 6.36. The van der Waals surface area contributed by atoms with E-state index in [4.69, 9.17) is 14.2 Å². The zero-order valence-electron chi connectivity index (χ0n) is 22.3. The molecule has 0 saturated heterocycles. The molecule has 0 fully saturated rings.